The fraction of sp³-hybridized carbons (Fsp3) is 0.846. The molecule has 1 fully saturated rings. The second kappa shape index (κ2) is 9.73. The van der Waals surface area contributed by atoms with Crippen molar-refractivity contribution in [3.05, 3.63) is 0 Å². The minimum atomic E-state index is -0.0572. The Hall–Kier alpha value is -1.16. The van der Waals surface area contributed by atoms with Gasteiger partial charge >= 0.3 is 0 Å². The van der Waals surface area contributed by atoms with Crippen LogP contribution in [0.15, 0.2) is 0 Å². The highest BCUT2D eigenvalue weighted by Crippen LogP contribution is 2.15. The molecule has 0 aliphatic carbocycles. The number of carbonyl (C=O) groups is 1. The average Bonchev–Trinajstić information content (AvgIpc) is 2.43. The fourth-order valence-corrected chi connectivity index (χ4v) is 2.23. The summed E-state index contributed by atoms with van der Waals surface area (Å²) < 4.78 is 4.99. The van der Waals surface area contributed by atoms with Crippen molar-refractivity contribution in [3.63, 3.8) is 0 Å². The molecule has 2 N–H and O–H groups in total. The summed E-state index contributed by atoms with van der Waals surface area (Å²) in [6, 6.07) is 1.91. The van der Waals surface area contributed by atoms with Crippen molar-refractivity contribution in [1.82, 2.24) is 15.5 Å². The number of amides is 1. The minimum absolute atomic E-state index is 0.0572. The molecule has 0 aromatic rings. The zero-order valence-electron chi connectivity index (χ0n) is 11.7. The van der Waals surface area contributed by atoms with Crippen molar-refractivity contribution in [2.75, 3.05) is 53.0 Å². The predicted molar refractivity (Wildman–Crippen MR) is 72.5 cm³/mol. The third-order valence-corrected chi connectivity index (χ3v) is 3.35. The Balaban J connectivity index is 2.08. The Kier molecular flexibility index (Phi) is 8.14. The molecular weight excluding hydrogens is 244 g/mol. The number of nitrogens with zero attached hydrogens (tertiary/aromatic N) is 2. The second-order valence-electron chi connectivity index (χ2n) is 4.85. The lowest BCUT2D eigenvalue weighted by molar-refractivity contribution is -0.122. The first kappa shape index (κ1) is 15.9. The highest BCUT2D eigenvalue weighted by Gasteiger charge is 2.20. The maximum absolute atomic E-state index is 11.5. The summed E-state index contributed by atoms with van der Waals surface area (Å²) in [6.45, 7) is 5.08. The second-order valence-corrected chi connectivity index (χ2v) is 4.85. The van der Waals surface area contributed by atoms with Gasteiger partial charge in [-0.1, -0.05) is 0 Å². The molecule has 0 bridgehead atoms. The monoisotopic (exact) mass is 268 g/mol. The van der Waals surface area contributed by atoms with Gasteiger partial charge in [-0.25, -0.2) is 0 Å². The minimum Gasteiger partial charge on any atom is -0.383 e. The molecule has 0 unspecified atom stereocenters. The maximum Gasteiger partial charge on any atom is 0.235 e. The number of nitriles is 1. The zero-order valence-corrected chi connectivity index (χ0v) is 11.7. The van der Waals surface area contributed by atoms with Crippen molar-refractivity contribution < 1.29 is 9.53 Å². The lowest BCUT2D eigenvalue weighted by atomic mass is 9.97. The van der Waals surface area contributed by atoms with Gasteiger partial charge in [-0.15, -0.1) is 0 Å². The number of piperidine rings is 1. The van der Waals surface area contributed by atoms with Gasteiger partial charge in [0.25, 0.3) is 0 Å². The van der Waals surface area contributed by atoms with E-state index in [1.807, 2.05) is 6.07 Å². The number of likely N-dealkylation sites (tertiary alicyclic amines) is 1. The van der Waals surface area contributed by atoms with Crippen LogP contribution < -0.4 is 10.6 Å². The molecule has 0 atom stereocenters. The van der Waals surface area contributed by atoms with E-state index in [2.05, 4.69) is 15.5 Å². The largest absolute Gasteiger partial charge is 0.383 e. The van der Waals surface area contributed by atoms with Crippen LogP contribution in [0, 0.1) is 17.2 Å². The molecule has 1 heterocycles. The molecule has 108 valence electrons. The van der Waals surface area contributed by atoms with Crippen LogP contribution in [0.2, 0.25) is 0 Å². The van der Waals surface area contributed by atoms with Gasteiger partial charge in [0, 0.05) is 13.7 Å². The number of hydrogen-bond donors (Lipinski definition) is 2. The molecule has 1 saturated heterocycles. The van der Waals surface area contributed by atoms with Crippen molar-refractivity contribution in [3.8, 4) is 6.07 Å². The standard InChI is InChI=1S/C13H24N4O2/c1-19-9-6-15-10-12-2-7-17(8-3-12)11-13(18)16-5-4-14/h12,15H,2-3,5-11H2,1H3,(H,16,18). The molecule has 1 amide bonds. The third kappa shape index (κ3) is 7.11. The van der Waals surface area contributed by atoms with E-state index in [-0.39, 0.29) is 12.5 Å². The van der Waals surface area contributed by atoms with Crippen LogP contribution in [-0.2, 0) is 9.53 Å². The molecule has 1 rings (SSSR count). The SMILES string of the molecule is COCCNCC1CCN(CC(=O)NCC#N)CC1. The molecule has 19 heavy (non-hydrogen) atoms. The lowest BCUT2D eigenvalue weighted by Crippen LogP contribution is -2.43. The number of nitrogens with one attached hydrogen (secondary N) is 2. The first-order valence-corrected chi connectivity index (χ1v) is 6.82. The van der Waals surface area contributed by atoms with Gasteiger partial charge in [0.05, 0.1) is 19.2 Å². The molecule has 6 nitrogen and oxygen atoms in total. The lowest BCUT2D eigenvalue weighted by Gasteiger charge is -2.31. The van der Waals surface area contributed by atoms with E-state index in [4.69, 9.17) is 10.00 Å². The maximum atomic E-state index is 11.5. The van der Waals surface area contributed by atoms with Crippen LogP contribution in [0.5, 0.6) is 0 Å². The predicted octanol–water partition coefficient (Wildman–Crippen LogP) is -0.426. The summed E-state index contributed by atoms with van der Waals surface area (Å²) in [6.07, 6.45) is 2.23. The van der Waals surface area contributed by atoms with E-state index in [0.717, 1.165) is 45.6 Å². The summed E-state index contributed by atoms with van der Waals surface area (Å²) >= 11 is 0. The van der Waals surface area contributed by atoms with Crippen LogP contribution in [0.4, 0.5) is 0 Å². The van der Waals surface area contributed by atoms with E-state index in [9.17, 15) is 4.79 Å². The van der Waals surface area contributed by atoms with Gasteiger partial charge in [-0.3, -0.25) is 9.69 Å². The highest BCUT2D eigenvalue weighted by atomic mass is 16.5. The number of methoxy groups -OCH3 is 1. The average molecular weight is 268 g/mol. The Morgan fingerprint density at radius 3 is 2.84 bits per heavy atom. The molecule has 0 saturated carbocycles. The van der Waals surface area contributed by atoms with Crippen LogP contribution in [0.1, 0.15) is 12.8 Å². The van der Waals surface area contributed by atoms with E-state index in [0.29, 0.717) is 12.5 Å². The van der Waals surface area contributed by atoms with Crippen LogP contribution >= 0.6 is 0 Å². The zero-order chi connectivity index (χ0) is 13.9. The number of hydrogen-bond acceptors (Lipinski definition) is 5. The number of carbonyl (C=O) groups excluding carboxylic acids is 1. The van der Waals surface area contributed by atoms with Crippen LogP contribution in [0.3, 0.4) is 0 Å². The van der Waals surface area contributed by atoms with Gasteiger partial charge < -0.3 is 15.4 Å². The van der Waals surface area contributed by atoms with Gasteiger partial charge in [0.1, 0.15) is 6.54 Å². The molecule has 1 aliphatic rings. The van der Waals surface area contributed by atoms with Crippen molar-refractivity contribution in [2.24, 2.45) is 5.92 Å². The Morgan fingerprint density at radius 2 is 2.21 bits per heavy atom. The molecule has 0 aromatic carbocycles. The topological polar surface area (TPSA) is 77.4 Å². The van der Waals surface area contributed by atoms with Gasteiger partial charge in [-0.05, 0) is 38.4 Å². The molecule has 0 aromatic heterocycles. The van der Waals surface area contributed by atoms with Crippen molar-refractivity contribution >= 4 is 5.91 Å². The van der Waals surface area contributed by atoms with Gasteiger partial charge in [-0.2, -0.15) is 5.26 Å². The fourth-order valence-electron chi connectivity index (χ4n) is 2.23. The van der Waals surface area contributed by atoms with E-state index >= 15 is 0 Å². The first-order chi connectivity index (χ1) is 9.26. The quantitative estimate of drug-likeness (QED) is 0.461. The van der Waals surface area contributed by atoms with E-state index < -0.39 is 0 Å². The summed E-state index contributed by atoms with van der Waals surface area (Å²) in [5, 5.41) is 14.3. The molecule has 1 aliphatic heterocycles. The number of ether oxygens (including phenoxy) is 1. The Bertz CT molecular complexity index is 296. The third-order valence-electron chi connectivity index (χ3n) is 3.35. The van der Waals surface area contributed by atoms with E-state index in [1.54, 1.807) is 7.11 Å². The Labute approximate surface area is 115 Å². The van der Waals surface area contributed by atoms with Crippen LogP contribution in [0.25, 0.3) is 0 Å². The first-order valence-electron chi connectivity index (χ1n) is 6.82. The van der Waals surface area contributed by atoms with Gasteiger partial charge in [0.15, 0.2) is 0 Å². The highest BCUT2D eigenvalue weighted by molar-refractivity contribution is 5.78. The molecule has 0 radical (unpaired) electrons. The Morgan fingerprint density at radius 1 is 1.47 bits per heavy atom. The normalized spacial score (nSPS) is 17.1. The number of rotatable bonds is 8. The van der Waals surface area contributed by atoms with Crippen molar-refractivity contribution in [2.45, 2.75) is 12.8 Å². The van der Waals surface area contributed by atoms with Crippen LogP contribution in [-0.4, -0.2) is 63.8 Å². The summed E-state index contributed by atoms with van der Waals surface area (Å²) in [4.78, 5) is 13.6. The summed E-state index contributed by atoms with van der Waals surface area (Å²) in [7, 11) is 1.71. The van der Waals surface area contributed by atoms with Gasteiger partial charge in [0.2, 0.25) is 5.91 Å². The van der Waals surface area contributed by atoms with Crippen molar-refractivity contribution in [1.29, 1.82) is 5.26 Å². The van der Waals surface area contributed by atoms with E-state index in [1.165, 1.54) is 0 Å². The smallest absolute Gasteiger partial charge is 0.235 e. The summed E-state index contributed by atoms with van der Waals surface area (Å²) in [5.41, 5.74) is 0. The molecular formula is C13H24N4O2. The molecule has 6 heteroatoms. The summed E-state index contributed by atoms with van der Waals surface area (Å²) in [5.74, 6) is 0.633. The molecule has 0 spiro atoms.